The van der Waals surface area contributed by atoms with Crippen LogP contribution in [0.25, 0.3) is 0 Å². The third-order valence-corrected chi connectivity index (χ3v) is 0.576. The summed E-state index contributed by atoms with van der Waals surface area (Å²) in [6, 6.07) is 1.18. The first-order valence-corrected chi connectivity index (χ1v) is 1.75. The molecule has 2 N–H and O–H groups in total. The van der Waals surface area contributed by atoms with Gasteiger partial charge < -0.3 is 5.84 Å². The number of nitrogens with zero attached hydrogens (tertiary/aromatic N) is 2. The highest BCUT2D eigenvalue weighted by Crippen LogP contribution is 1.85. The second-order valence-electron chi connectivity index (χ2n) is 1.12. The molecule has 1 rings (SSSR count). The minimum absolute atomic E-state index is 0.553. The van der Waals surface area contributed by atoms with Gasteiger partial charge in [0.1, 0.15) is 0 Å². The summed E-state index contributed by atoms with van der Waals surface area (Å²) in [5.41, 5.74) is 0. The molecule has 0 spiro atoms. The average Bonchev–Trinajstić information content (AvgIpc) is 1.87. The van der Waals surface area contributed by atoms with E-state index < -0.39 is 5.95 Å². The van der Waals surface area contributed by atoms with Crippen LogP contribution >= 0.6 is 0 Å². The molecule has 0 atom stereocenters. The fraction of sp³-hybridized carbons (Fsp3) is 0. The van der Waals surface area contributed by atoms with Gasteiger partial charge in [0.2, 0.25) is 5.95 Å². The summed E-state index contributed by atoms with van der Waals surface area (Å²) in [5.74, 6) is 4.39. The molecule has 38 valence electrons. The predicted octanol–water partition coefficient (Wildman–Crippen LogP) is -0.264. The average molecular weight is 101 g/mol. The number of hydrogen-bond acceptors (Lipinski definition) is 2. The monoisotopic (exact) mass is 101 g/mol. The number of nitrogen functional groups attached to an aromatic ring is 1. The van der Waals surface area contributed by atoms with E-state index in [0.29, 0.717) is 0 Å². The van der Waals surface area contributed by atoms with Crippen molar-refractivity contribution in [1.82, 2.24) is 9.89 Å². The molecule has 0 saturated heterocycles. The number of rotatable bonds is 0. The van der Waals surface area contributed by atoms with Crippen LogP contribution in [0, 0.1) is 5.95 Å². The van der Waals surface area contributed by atoms with Gasteiger partial charge in [0.25, 0.3) is 0 Å². The minimum Gasteiger partial charge on any atom is -0.323 e. The number of hydrogen-bond donors (Lipinski definition) is 1. The van der Waals surface area contributed by atoms with Gasteiger partial charge in [-0.25, -0.2) is 0 Å². The Morgan fingerprint density at radius 2 is 2.57 bits per heavy atom. The third-order valence-electron chi connectivity index (χ3n) is 0.576. The fourth-order valence-electron chi connectivity index (χ4n) is 0.315. The Labute approximate surface area is 39.5 Å². The van der Waals surface area contributed by atoms with E-state index >= 15 is 0 Å². The van der Waals surface area contributed by atoms with Crippen molar-refractivity contribution in [2.75, 3.05) is 5.84 Å². The van der Waals surface area contributed by atoms with Gasteiger partial charge >= 0.3 is 0 Å². The molecule has 0 aliphatic heterocycles. The van der Waals surface area contributed by atoms with Crippen molar-refractivity contribution in [3.63, 3.8) is 0 Å². The van der Waals surface area contributed by atoms with Crippen molar-refractivity contribution >= 4 is 0 Å². The van der Waals surface area contributed by atoms with E-state index in [0.717, 1.165) is 4.79 Å². The van der Waals surface area contributed by atoms with E-state index in [9.17, 15) is 4.39 Å². The zero-order chi connectivity index (χ0) is 5.28. The van der Waals surface area contributed by atoms with Gasteiger partial charge in [-0.2, -0.15) is 9.18 Å². The van der Waals surface area contributed by atoms with Gasteiger partial charge in [0.15, 0.2) is 0 Å². The summed E-state index contributed by atoms with van der Waals surface area (Å²) in [7, 11) is 0. The Morgan fingerprint density at radius 3 is 2.71 bits per heavy atom. The Kier molecular flexibility index (Phi) is 0.714. The molecule has 0 fully saturated rings. The zero-order valence-corrected chi connectivity index (χ0v) is 3.50. The number of halogens is 1. The molecule has 1 aromatic rings. The highest BCUT2D eigenvalue weighted by molar-refractivity contribution is 4.80. The Morgan fingerprint density at radius 1 is 1.86 bits per heavy atom. The standard InChI is InChI=1S/C3H4FN3/c4-3-1-2-7(5)6-3/h1-2H,5H2. The van der Waals surface area contributed by atoms with Crippen LogP contribution in [0.15, 0.2) is 12.3 Å². The van der Waals surface area contributed by atoms with Crippen molar-refractivity contribution in [3.8, 4) is 0 Å². The molecule has 0 unspecified atom stereocenters. The van der Waals surface area contributed by atoms with Crippen LogP contribution in [-0.4, -0.2) is 9.89 Å². The van der Waals surface area contributed by atoms with Gasteiger partial charge in [-0.15, -0.1) is 5.10 Å². The largest absolute Gasteiger partial charge is 0.323 e. The van der Waals surface area contributed by atoms with Gasteiger partial charge in [-0.1, -0.05) is 0 Å². The molecule has 4 heteroatoms. The van der Waals surface area contributed by atoms with Crippen molar-refractivity contribution in [2.45, 2.75) is 0 Å². The normalized spacial score (nSPS) is 9.29. The van der Waals surface area contributed by atoms with Crippen LogP contribution in [0.5, 0.6) is 0 Å². The van der Waals surface area contributed by atoms with E-state index in [1.165, 1.54) is 12.3 Å². The summed E-state index contributed by atoms with van der Waals surface area (Å²) < 4.78 is 11.7. The van der Waals surface area contributed by atoms with Crippen molar-refractivity contribution in [2.24, 2.45) is 0 Å². The van der Waals surface area contributed by atoms with Gasteiger partial charge in [-0.05, 0) is 0 Å². The molecule has 0 aliphatic rings. The van der Waals surface area contributed by atoms with Crippen LogP contribution in [0.4, 0.5) is 4.39 Å². The maximum atomic E-state index is 11.7. The first-order valence-electron chi connectivity index (χ1n) is 1.75. The maximum absolute atomic E-state index is 11.7. The van der Waals surface area contributed by atoms with Crippen molar-refractivity contribution < 1.29 is 4.39 Å². The summed E-state index contributed by atoms with van der Waals surface area (Å²) in [6.07, 6.45) is 1.33. The summed E-state index contributed by atoms with van der Waals surface area (Å²) in [5, 5.41) is 3.14. The van der Waals surface area contributed by atoms with E-state index in [2.05, 4.69) is 5.10 Å². The lowest BCUT2D eigenvalue weighted by Gasteiger charge is -1.79. The molecular formula is C3H4FN3. The van der Waals surface area contributed by atoms with E-state index in [1.807, 2.05) is 0 Å². The van der Waals surface area contributed by atoms with Crippen LogP contribution in [0.3, 0.4) is 0 Å². The predicted molar refractivity (Wildman–Crippen MR) is 22.3 cm³/mol. The molecule has 0 radical (unpaired) electrons. The summed E-state index contributed by atoms with van der Waals surface area (Å²) in [6.45, 7) is 0. The molecule has 0 saturated carbocycles. The van der Waals surface area contributed by atoms with E-state index in [4.69, 9.17) is 5.84 Å². The van der Waals surface area contributed by atoms with Gasteiger partial charge in [-0.3, -0.25) is 0 Å². The fourth-order valence-corrected chi connectivity index (χ4v) is 0.315. The first kappa shape index (κ1) is 4.11. The minimum atomic E-state index is -0.553. The second kappa shape index (κ2) is 1.22. The van der Waals surface area contributed by atoms with E-state index in [-0.39, 0.29) is 0 Å². The molecule has 0 bridgehead atoms. The molecule has 0 aliphatic carbocycles. The molecule has 7 heavy (non-hydrogen) atoms. The summed E-state index contributed by atoms with van der Waals surface area (Å²) >= 11 is 0. The lowest BCUT2D eigenvalue weighted by Crippen LogP contribution is -2.07. The van der Waals surface area contributed by atoms with Crippen LogP contribution in [-0.2, 0) is 0 Å². The third kappa shape index (κ3) is 0.677. The highest BCUT2D eigenvalue weighted by atomic mass is 19.1. The molecule has 3 nitrogen and oxygen atoms in total. The number of nitrogens with two attached hydrogens (primary N) is 1. The van der Waals surface area contributed by atoms with Crippen LogP contribution in [0.2, 0.25) is 0 Å². The zero-order valence-electron chi connectivity index (χ0n) is 3.50. The molecular weight excluding hydrogens is 97.1 g/mol. The second-order valence-corrected chi connectivity index (χ2v) is 1.12. The SMILES string of the molecule is Nn1ccc(F)n1. The maximum Gasteiger partial charge on any atom is 0.234 e. The summed E-state index contributed by atoms with van der Waals surface area (Å²) in [4.78, 5) is 0.912. The molecule has 0 aromatic carbocycles. The molecule has 1 aromatic heterocycles. The van der Waals surface area contributed by atoms with Crippen molar-refractivity contribution in [3.05, 3.63) is 18.2 Å². The van der Waals surface area contributed by atoms with Crippen molar-refractivity contribution in [1.29, 1.82) is 0 Å². The van der Waals surface area contributed by atoms with Crippen LogP contribution < -0.4 is 5.84 Å². The lowest BCUT2D eigenvalue weighted by molar-refractivity contribution is 0.561. The topological polar surface area (TPSA) is 43.8 Å². The first-order chi connectivity index (χ1) is 3.29. The smallest absolute Gasteiger partial charge is 0.234 e. The highest BCUT2D eigenvalue weighted by Gasteiger charge is 1.87. The van der Waals surface area contributed by atoms with E-state index in [1.54, 1.807) is 0 Å². The number of aromatic nitrogens is 2. The lowest BCUT2D eigenvalue weighted by atomic mass is 10.7. The quantitative estimate of drug-likeness (QED) is 0.457. The Balaban J connectivity index is 3.04. The Hall–Kier alpha value is -1.06. The molecule has 0 amide bonds. The Bertz CT molecular complexity index is 142. The molecule has 1 heterocycles. The van der Waals surface area contributed by atoms with Gasteiger partial charge in [0, 0.05) is 6.07 Å². The van der Waals surface area contributed by atoms with Gasteiger partial charge in [0.05, 0.1) is 6.20 Å². The van der Waals surface area contributed by atoms with Crippen LogP contribution in [0.1, 0.15) is 0 Å².